The zero-order valence-electron chi connectivity index (χ0n) is 9.55. The Hall–Kier alpha value is -0.760. The summed E-state index contributed by atoms with van der Waals surface area (Å²) in [5.41, 5.74) is 2.17. The third kappa shape index (κ3) is 2.97. The highest BCUT2D eigenvalue weighted by Crippen LogP contribution is 2.33. The normalized spacial score (nSPS) is 12.5. The van der Waals surface area contributed by atoms with Crippen LogP contribution in [0.5, 0.6) is 0 Å². The molecule has 0 aromatic heterocycles. The van der Waals surface area contributed by atoms with E-state index in [-0.39, 0.29) is 5.82 Å². The predicted molar refractivity (Wildman–Crippen MR) is 75.3 cm³/mol. The molecule has 0 heterocycles. The van der Waals surface area contributed by atoms with E-state index >= 15 is 0 Å². The molecule has 0 fully saturated rings. The van der Waals surface area contributed by atoms with Gasteiger partial charge in [0.25, 0.3) is 0 Å². The van der Waals surface area contributed by atoms with E-state index in [1.165, 1.54) is 6.07 Å². The monoisotopic (exact) mass is 302 g/mol. The molecule has 0 radical (unpaired) electrons. The molecule has 0 saturated heterocycles. The molecule has 0 aliphatic rings. The van der Waals surface area contributed by atoms with Gasteiger partial charge in [0.1, 0.15) is 5.82 Å². The van der Waals surface area contributed by atoms with Gasteiger partial charge in [0.15, 0.2) is 0 Å². The molecule has 1 unspecified atom stereocenters. The number of hydrogen-bond acceptors (Lipinski definition) is 0. The summed E-state index contributed by atoms with van der Waals surface area (Å²) in [6.45, 7) is 1.70. The molecule has 0 saturated carbocycles. The van der Waals surface area contributed by atoms with E-state index < -0.39 is 5.38 Å². The Labute approximate surface area is 120 Å². The molecule has 2 rings (SSSR count). The topological polar surface area (TPSA) is 0 Å². The van der Waals surface area contributed by atoms with Gasteiger partial charge in [-0.3, -0.25) is 0 Å². The van der Waals surface area contributed by atoms with Crippen molar-refractivity contribution in [1.29, 1.82) is 0 Å². The molecule has 1 atom stereocenters. The molecule has 2 aromatic rings. The number of alkyl halides is 1. The summed E-state index contributed by atoms with van der Waals surface area (Å²) in [4.78, 5) is 0. The molecule has 0 nitrogen and oxygen atoms in total. The van der Waals surface area contributed by atoms with Crippen LogP contribution in [0.4, 0.5) is 4.39 Å². The molecule has 0 spiro atoms. The second kappa shape index (κ2) is 5.48. The average molecular weight is 304 g/mol. The fourth-order valence-electron chi connectivity index (χ4n) is 1.74. The van der Waals surface area contributed by atoms with E-state index in [1.807, 2.05) is 0 Å². The third-order valence-corrected chi connectivity index (χ3v) is 3.59. The van der Waals surface area contributed by atoms with Gasteiger partial charge in [0.05, 0.1) is 5.38 Å². The van der Waals surface area contributed by atoms with Crippen molar-refractivity contribution >= 4 is 34.8 Å². The SMILES string of the molecule is Cc1cc(C(Cl)c2cc(Cl)cc(Cl)c2)ccc1F. The smallest absolute Gasteiger partial charge is 0.126 e. The van der Waals surface area contributed by atoms with Crippen molar-refractivity contribution in [2.45, 2.75) is 12.3 Å². The molecular formula is C14H10Cl3F. The Bertz CT molecular complexity index is 561. The van der Waals surface area contributed by atoms with Crippen LogP contribution >= 0.6 is 34.8 Å². The van der Waals surface area contributed by atoms with Crippen LogP contribution in [0.15, 0.2) is 36.4 Å². The number of benzene rings is 2. The van der Waals surface area contributed by atoms with Crippen molar-refractivity contribution < 1.29 is 4.39 Å². The Balaban J connectivity index is 2.40. The Morgan fingerprint density at radius 2 is 1.56 bits per heavy atom. The van der Waals surface area contributed by atoms with Crippen molar-refractivity contribution in [3.05, 3.63) is 69.0 Å². The first-order valence-corrected chi connectivity index (χ1v) is 6.52. The molecule has 18 heavy (non-hydrogen) atoms. The number of halogens is 4. The number of aryl methyl sites for hydroxylation is 1. The third-order valence-electron chi connectivity index (χ3n) is 2.65. The second-order valence-electron chi connectivity index (χ2n) is 4.07. The van der Waals surface area contributed by atoms with E-state index in [0.717, 1.165) is 11.1 Å². The van der Waals surface area contributed by atoms with E-state index in [0.29, 0.717) is 15.6 Å². The average Bonchev–Trinajstić information content (AvgIpc) is 2.30. The fourth-order valence-corrected chi connectivity index (χ4v) is 2.54. The van der Waals surface area contributed by atoms with Crippen LogP contribution in [0.3, 0.4) is 0 Å². The van der Waals surface area contributed by atoms with Crippen molar-refractivity contribution in [3.63, 3.8) is 0 Å². The van der Waals surface area contributed by atoms with Crippen LogP contribution < -0.4 is 0 Å². The van der Waals surface area contributed by atoms with E-state index in [2.05, 4.69) is 0 Å². The van der Waals surface area contributed by atoms with Gasteiger partial charge in [0.2, 0.25) is 0 Å². The standard InChI is InChI=1S/C14H10Cl3F/c1-8-4-9(2-3-13(8)18)14(17)10-5-11(15)7-12(16)6-10/h2-7,14H,1H3. The van der Waals surface area contributed by atoms with Gasteiger partial charge in [0, 0.05) is 10.0 Å². The lowest BCUT2D eigenvalue weighted by molar-refractivity contribution is 0.617. The first-order valence-electron chi connectivity index (χ1n) is 5.33. The van der Waals surface area contributed by atoms with Crippen LogP contribution in [-0.4, -0.2) is 0 Å². The quantitative estimate of drug-likeness (QED) is 0.618. The van der Waals surface area contributed by atoms with Crippen LogP contribution in [0.2, 0.25) is 10.0 Å². The van der Waals surface area contributed by atoms with E-state index in [4.69, 9.17) is 34.8 Å². The number of rotatable bonds is 2. The molecule has 2 aromatic carbocycles. The summed E-state index contributed by atoms with van der Waals surface area (Å²) in [6, 6.07) is 9.95. The van der Waals surface area contributed by atoms with Crippen molar-refractivity contribution in [2.75, 3.05) is 0 Å². The van der Waals surface area contributed by atoms with Crippen LogP contribution in [-0.2, 0) is 0 Å². The molecule has 94 valence electrons. The minimum Gasteiger partial charge on any atom is -0.207 e. The maximum absolute atomic E-state index is 13.2. The summed E-state index contributed by atoms with van der Waals surface area (Å²) in [5.74, 6) is -0.244. The first kappa shape index (κ1) is 13.7. The maximum atomic E-state index is 13.2. The van der Waals surface area contributed by atoms with Crippen LogP contribution in [0, 0.1) is 12.7 Å². The van der Waals surface area contributed by atoms with Crippen LogP contribution in [0.25, 0.3) is 0 Å². The lowest BCUT2D eigenvalue weighted by Crippen LogP contribution is -1.95. The largest absolute Gasteiger partial charge is 0.207 e. The van der Waals surface area contributed by atoms with Crippen LogP contribution in [0.1, 0.15) is 22.1 Å². The zero-order chi connectivity index (χ0) is 13.3. The zero-order valence-corrected chi connectivity index (χ0v) is 11.8. The Morgan fingerprint density at radius 3 is 2.11 bits per heavy atom. The van der Waals surface area contributed by atoms with E-state index in [9.17, 15) is 4.39 Å². The molecule has 0 bridgehead atoms. The highest BCUT2D eigenvalue weighted by atomic mass is 35.5. The molecule has 0 aliphatic carbocycles. The first-order chi connectivity index (χ1) is 8.47. The minimum absolute atomic E-state index is 0.244. The molecular weight excluding hydrogens is 294 g/mol. The summed E-state index contributed by atoms with van der Waals surface area (Å²) >= 11 is 18.2. The summed E-state index contributed by atoms with van der Waals surface area (Å²) in [5, 5.41) is 0.657. The lowest BCUT2D eigenvalue weighted by atomic mass is 10.0. The second-order valence-corrected chi connectivity index (χ2v) is 5.38. The van der Waals surface area contributed by atoms with Crippen molar-refractivity contribution in [2.24, 2.45) is 0 Å². The highest BCUT2D eigenvalue weighted by molar-refractivity contribution is 6.35. The van der Waals surface area contributed by atoms with Gasteiger partial charge in [-0.25, -0.2) is 4.39 Å². The Kier molecular flexibility index (Phi) is 4.16. The Morgan fingerprint density at radius 1 is 0.944 bits per heavy atom. The highest BCUT2D eigenvalue weighted by Gasteiger charge is 2.13. The van der Waals surface area contributed by atoms with Crippen molar-refractivity contribution in [3.8, 4) is 0 Å². The van der Waals surface area contributed by atoms with Gasteiger partial charge >= 0.3 is 0 Å². The van der Waals surface area contributed by atoms with Gasteiger partial charge < -0.3 is 0 Å². The summed E-state index contributed by atoms with van der Waals surface area (Å²) in [7, 11) is 0. The minimum atomic E-state index is -0.402. The van der Waals surface area contributed by atoms with Gasteiger partial charge in [-0.05, 0) is 47.9 Å². The molecule has 0 N–H and O–H groups in total. The van der Waals surface area contributed by atoms with Gasteiger partial charge in [-0.1, -0.05) is 35.3 Å². The van der Waals surface area contributed by atoms with Gasteiger partial charge in [-0.2, -0.15) is 0 Å². The van der Waals surface area contributed by atoms with Crippen molar-refractivity contribution in [1.82, 2.24) is 0 Å². The lowest BCUT2D eigenvalue weighted by Gasteiger charge is -2.12. The van der Waals surface area contributed by atoms with E-state index in [1.54, 1.807) is 37.3 Å². The number of hydrogen-bond donors (Lipinski definition) is 0. The summed E-state index contributed by atoms with van der Waals surface area (Å²) in [6.07, 6.45) is 0. The fraction of sp³-hybridized carbons (Fsp3) is 0.143. The molecule has 0 amide bonds. The predicted octanol–water partition coefficient (Wildman–Crippen LogP) is 5.77. The van der Waals surface area contributed by atoms with Gasteiger partial charge in [-0.15, -0.1) is 11.6 Å². The molecule has 4 heteroatoms. The summed E-state index contributed by atoms with van der Waals surface area (Å²) < 4.78 is 13.2. The molecule has 0 aliphatic heterocycles. The maximum Gasteiger partial charge on any atom is 0.126 e.